The first kappa shape index (κ1) is 19.2. The zero-order valence-corrected chi connectivity index (χ0v) is 13.8. The smallest absolute Gasteiger partial charge is 0.416 e. The molecule has 144 valence electrons. The van der Waals surface area contributed by atoms with E-state index < -0.39 is 30.2 Å². The third kappa shape index (κ3) is 4.37. The molecule has 0 spiro atoms. The van der Waals surface area contributed by atoms with Crippen molar-refractivity contribution in [1.29, 1.82) is 0 Å². The lowest BCUT2D eigenvalue weighted by atomic mass is 9.91. The maximum absolute atomic E-state index is 12.7. The van der Waals surface area contributed by atoms with Gasteiger partial charge in [-0.15, -0.1) is 0 Å². The fourth-order valence-electron chi connectivity index (χ4n) is 3.59. The van der Waals surface area contributed by atoms with E-state index in [2.05, 4.69) is 0 Å². The average Bonchev–Trinajstić information content (AvgIpc) is 3.05. The number of aliphatic hydroxyl groups excluding tert-OH is 3. The van der Waals surface area contributed by atoms with Gasteiger partial charge in [-0.25, -0.2) is 0 Å². The maximum Gasteiger partial charge on any atom is 0.416 e. The van der Waals surface area contributed by atoms with Crippen molar-refractivity contribution < 1.29 is 38.0 Å². The highest BCUT2D eigenvalue weighted by Crippen LogP contribution is 2.43. The topological polar surface area (TPSA) is 79.2 Å². The first-order valence-electron chi connectivity index (χ1n) is 8.42. The van der Waals surface area contributed by atoms with Gasteiger partial charge in [0.2, 0.25) is 0 Å². The summed E-state index contributed by atoms with van der Waals surface area (Å²) in [7, 11) is 0. The number of benzene rings is 1. The average molecular weight is 374 g/mol. The van der Waals surface area contributed by atoms with Crippen LogP contribution in [-0.4, -0.2) is 46.5 Å². The Morgan fingerprint density at radius 3 is 2.77 bits per heavy atom. The van der Waals surface area contributed by atoms with Crippen molar-refractivity contribution in [3.05, 3.63) is 42.0 Å². The fraction of sp³-hybridized carbons (Fsp3) is 0.556. The molecule has 8 heteroatoms. The monoisotopic (exact) mass is 374 g/mol. The van der Waals surface area contributed by atoms with E-state index in [0.717, 1.165) is 12.1 Å². The Balaban J connectivity index is 1.54. The second-order valence-electron chi connectivity index (χ2n) is 6.70. The van der Waals surface area contributed by atoms with Crippen LogP contribution in [0, 0.1) is 11.8 Å². The molecule has 3 rings (SSSR count). The number of aliphatic hydroxyl groups is 3. The third-order valence-corrected chi connectivity index (χ3v) is 4.83. The van der Waals surface area contributed by atoms with Gasteiger partial charge in [0, 0.05) is 18.8 Å². The van der Waals surface area contributed by atoms with Crippen LogP contribution in [0.5, 0.6) is 5.75 Å². The minimum Gasteiger partial charge on any atom is -0.491 e. The van der Waals surface area contributed by atoms with E-state index in [9.17, 15) is 28.5 Å². The number of ether oxygens (including phenoxy) is 2. The van der Waals surface area contributed by atoms with Crippen LogP contribution >= 0.6 is 0 Å². The Hall–Kier alpha value is -1.61. The SMILES string of the molecule is OC1C[C@@H]2[C@@H](C=C[C@@H](O)COc3cccc(C(F)(F)F)c3)[C@H](O)C[C@@H]2O1. The molecule has 1 aliphatic heterocycles. The highest BCUT2D eigenvalue weighted by Gasteiger charge is 2.47. The number of halogens is 3. The summed E-state index contributed by atoms with van der Waals surface area (Å²) in [5.74, 6) is -0.256. The molecule has 1 unspecified atom stereocenters. The molecule has 2 fully saturated rings. The molecule has 1 saturated carbocycles. The number of hydrogen-bond acceptors (Lipinski definition) is 5. The summed E-state index contributed by atoms with van der Waals surface area (Å²) < 4.78 is 48.5. The molecule has 0 amide bonds. The fourth-order valence-corrected chi connectivity index (χ4v) is 3.59. The molecule has 26 heavy (non-hydrogen) atoms. The van der Waals surface area contributed by atoms with Crippen molar-refractivity contribution in [3.8, 4) is 5.75 Å². The van der Waals surface area contributed by atoms with Crippen LogP contribution in [0.15, 0.2) is 36.4 Å². The van der Waals surface area contributed by atoms with Crippen molar-refractivity contribution in [2.75, 3.05) is 6.61 Å². The maximum atomic E-state index is 12.7. The Bertz CT molecular complexity index is 648. The van der Waals surface area contributed by atoms with Gasteiger partial charge in [-0.2, -0.15) is 13.2 Å². The van der Waals surface area contributed by atoms with Crippen LogP contribution in [0.25, 0.3) is 0 Å². The normalized spacial score (nSPS) is 32.8. The van der Waals surface area contributed by atoms with E-state index in [1.165, 1.54) is 18.2 Å². The summed E-state index contributed by atoms with van der Waals surface area (Å²) in [6.07, 6.45) is -3.18. The molecule has 3 N–H and O–H groups in total. The summed E-state index contributed by atoms with van der Waals surface area (Å²) in [6, 6.07) is 4.44. The first-order valence-corrected chi connectivity index (χ1v) is 8.42. The minimum absolute atomic E-state index is 0.0144. The highest BCUT2D eigenvalue weighted by atomic mass is 19.4. The molecule has 1 aromatic rings. The summed E-state index contributed by atoms with van der Waals surface area (Å²) >= 11 is 0. The van der Waals surface area contributed by atoms with Gasteiger partial charge in [-0.1, -0.05) is 18.2 Å². The van der Waals surface area contributed by atoms with Crippen molar-refractivity contribution >= 4 is 0 Å². The molecule has 1 saturated heterocycles. The molecule has 0 aromatic heterocycles. The molecule has 5 nitrogen and oxygen atoms in total. The zero-order valence-electron chi connectivity index (χ0n) is 13.8. The number of hydrogen-bond donors (Lipinski definition) is 3. The standard InChI is InChI=1S/C18H21F3O5/c19-18(20,21)10-2-1-3-12(6-10)25-9-11(22)4-5-13-14-7-17(24)26-16(14)8-15(13)23/h1-6,11,13-17,22-24H,7-9H2/t11-,13-,14-,15-,16+,17?/m1/s1. The second-order valence-corrected chi connectivity index (χ2v) is 6.70. The largest absolute Gasteiger partial charge is 0.491 e. The molecular weight excluding hydrogens is 353 g/mol. The lowest BCUT2D eigenvalue weighted by Crippen LogP contribution is -2.20. The predicted octanol–water partition coefficient (Wildman–Crippen LogP) is 2.11. The van der Waals surface area contributed by atoms with Gasteiger partial charge < -0.3 is 24.8 Å². The molecule has 0 radical (unpaired) electrons. The van der Waals surface area contributed by atoms with Crippen molar-refractivity contribution in [2.24, 2.45) is 11.8 Å². The number of alkyl halides is 3. The molecule has 1 aromatic carbocycles. The molecule has 0 bridgehead atoms. The van der Waals surface area contributed by atoms with Gasteiger partial charge in [0.15, 0.2) is 6.29 Å². The molecule has 6 atom stereocenters. The van der Waals surface area contributed by atoms with Gasteiger partial charge in [0.25, 0.3) is 0 Å². The first-order chi connectivity index (χ1) is 12.2. The molecule has 1 heterocycles. The summed E-state index contributed by atoms with van der Waals surface area (Å²) in [5, 5.41) is 29.6. The Morgan fingerprint density at radius 1 is 1.27 bits per heavy atom. The van der Waals surface area contributed by atoms with Gasteiger partial charge in [-0.05, 0) is 24.1 Å². The summed E-state index contributed by atoms with van der Waals surface area (Å²) in [5.41, 5.74) is -0.819. The van der Waals surface area contributed by atoms with Crippen LogP contribution in [0.1, 0.15) is 18.4 Å². The van der Waals surface area contributed by atoms with E-state index >= 15 is 0 Å². The van der Waals surface area contributed by atoms with Crippen molar-refractivity contribution in [2.45, 2.75) is 43.6 Å². The Labute approximate surface area is 148 Å². The zero-order chi connectivity index (χ0) is 18.9. The Morgan fingerprint density at radius 2 is 2.04 bits per heavy atom. The molecule has 2 aliphatic rings. The van der Waals surface area contributed by atoms with Crippen molar-refractivity contribution in [1.82, 2.24) is 0 Å². The third-order valence-electron chi connectivity index (χ3n) is 4.83. The van der Waals surface area contributed by atoms with Crippen LogP contribution < -0.4 is 4.74 Å². The van der Waals surface area contributed by atoms with Gasteiger partial charge in [0.05, 0.1) is 17.8 Å². The van der Waals surface area contributed by atoms with Gasteiger partial charge >= 0.3 is 6.18 Å². The number of fused-ring (bicyclic) bond motifs is 1. The summed E-state index contributed by atoms with van der Waals surface area (Å²) in [6.45, 7) is -0.214. The molecule has 1 aliphatic carbocycles. The van der Waals surface area contributed by atoms with E-state index in [0.29, 0.717) is 12.8 Å². The summed E-state index contributed by atoms with van der Waals surface area (Å²) in [4.78, 5) is 0. The van der Waals surface area contributed by atoms with E-state index in [-0.39, 0.29) is 30.3 Å². The van der Waals surface area contributed by atoms with E-state index in [1.54, 1.807) is 6.08 Å². The highest BCUT2D eigenvalue weighted by molar-refractivity contribution is 5.30. The van der Waals surface area contributed by atoms with Crippen LogP contribution in [0.2, 0.25) is 0 Å². The van der Waals surface area contributed by atoms with Gasteiger partial charge in [0.1, 0.15) is 18.5 Å². The lowest BCUT2D eigenvalue weighted by Gasteiger charge is -2.17. The van der Waals surface area contributed by atoms with Gasteiger partial charge in [-0.3, -0.25) is 0 Å². The number of rotatable bonds is 5. The quantitative estimate of drug-likeness (QED) is 0.688. The van der Waals surface area contributed by atoms with Crippen LogP contribution in [0.3, 0.4) is 0 Å². The van der Waals surface area contributed by atoms with Crippen LogP contribution in [0.4, 0.5) is 13.2 Å². The Kier molecular flexibility index (Phi) is 5.57. The van der Waals surface area contributed by atoms with E-state index in [4.69, 9.17) is 9.47 Å². The van der Waals surface area contributed by atoms with Crippen LogP contribution in [-0.2, 0) is 10.9 Å². The second kappa shape index (κ2) is 7.56. The minimum atomic E-state index is -4.46. The van der Waals surface area contributed by atoms with Crippen molar-refractivity contribution in [3.63, 3.8) is 0 Å². The predicted molar refractivity (Wildman–Crippen MR) is 85.2 cm³/mol. The lowest BCUT2D eigenvalue weighted by molar-refractivity contribution is -0.137. The van der Waals surface area contributed by atoms with E-state index in [1.807, 2.05) is 0 Å². The molecular formula is C18H21F3O5.